The minimum Gasteiger partial charge on any atom is -0.309 e. The first-order valence-electron chi connectivity index (χ1n) is 5.39. The van der Waals surface area contributed by atoms with Crippen LogP contribution in [-0.2, 0) is 10.0 Å². The van der Waals surface area contributed by atoms with Crippen LogP contribution in [0.15, 0.2) is 17.3 Å². The summed E-state index contributed by atoms with van der Waals surface area (Å²) in [6, 6.07) is 0. The van der Waals surface area contributed by atoms with Gasteiger partial charge in [-0.2, -0.15) is 0 Å². The quantitative estimate of drug-likeness (QED) is 0.332. The first-order valence-corrected chi connectivity index (χ1v) is 6.87. The van der Waals surface area contributed by atoms with Gasteiger partial charge < -0.3 is 4.90 Å². The molecule has 1 aromatic rings. The van der Waals surface area contributed by atoms with Gasteiger partial charge >= 0.3 is 0 Å². The lowest BCUT2D eigenvalue weighted by Gasteiger charge is -2.10. The largest absolute Gasteiger partial charge is 0.309 e. The topological polar surface area (TPSA) is 113 Å². The van der Waals surface area contributed by atoms with Gasteiger partial charge in [-0.05, 0) is 27.1 Å². The molecular formula is C9H18N6O2S. The van der Waals surface area contributed by atoms with Crippen molar-refractivity contribution < 1.29 is 8.42 Å². The molecule has 1 heterocycles. The summed E-state index contributed by atoms with van der Waals surface area (Å²) in [5, 5.41) is 0. The second kappa shape index (κ2) is 6.59. The molecular weight excluding hydrogens is 256 g/mol. The minimum absolute atomic E-state index is 0.0198. The Morgan fingerprint density at radius 3 is 2.44 bits per heavy atom. The molecule has 0 bridgehead atoms. The molecule has 0 unspecified atom stereocenters. The van der Waals surface area contributed by atoms with Crippen LogP contribution in [-0.4, -0.2) is 50.5 Å². The summed E-state index contributed by atoms with van der Waals surface area (Å²) >= 11 is 0. The highest BCUT2D eigenvalue weighted by Crippen LogP contribution is 2.06. The van der Waals surface area contributed by atoms with Crippen molar-refractivity contribution in [2.45, 2.75) is 11.3 Å². The zero-order valence-corrected chi connectivity index (χ0v) is 11.2. The van der Waals surface area contributed by atoms with Crippen molar-refractivity contribution >= 4 is 16.0 Å². The zero-order valence-electron chi connectivity index (χ0n) is 10.4. The van der Waals surface area contributed by atoms with E-state index in [2.05, 4.69) is 20.1 Å². The average molecular weight is 274 g/mol. The summed E-state index contributed by atoms with van der Waals surface area (Å²) in [4.78, 5) is 9.50. The molecule has 0 aliphatic carbocycles. The van der Waals surface area contributed by atoms with Gasteiger partial charge in [-0.1, -0.05) is 0 Å². The third-order valence-electron chi connectivity index (χ3n) is 2.14. The summed E-state index contributed by atoms with van der Waals surface area (Å²) < 4.78 is 26.1. The van der Waals surface area contributed by atoms with Crippen LogP contribution < -0.4 is 16.0 Å². The number of rotatable bonds is 7. The van der Waals surface area contributed by atoms with Gasteiger partial charge in [0.1, 0.15) is 4.90 Å². The van der Waals surface area contributed by atoms with Crippen LogP contribution in [0, 0.1) is 0 Å². The van der Waals surface area contributed by atoms with Crippen molar-refractivity contribution in [1.29, 1.82) is 0 Å². The van der Waals surface area contributed by atoms with Gasteiger partial charge in [0.15, 0.2) is 0 Å². The maximum absolute atomic E-state index is 11.8. The Kier molecular flexibility index (Phi) is 5.41. The van der Waals surface area contributed by atoms with Crippen molar-refractivity contribution in [3.05, 3.63) is 12.4 Å². The predicted molar refractivity (Wildman–Crippen MR) is 68.2 cm³/mol. The van der Waals surface area contributed by atoms with Gasteiger partial charge in [-0.3, -0.25) is 5.43 Å². The number of nitrogens with one attached hydrogen (secondary N) is 2. The maximum Gasteiger partial charge on any atom is 0.243 e. The standard InChI is InChI=1S/C9H18N6O2S/c1-15(2)5-3-4-13-18(16,17)8-6-11-9(14-10)12-7-8/h6-7,13H,3-5,10H2,1-2H3,(H,11,12,14). The second-order valence-electron chi connectivity index (χ2n) is 3.94. The maximum atomic E-state index is 11.8. The van der Waals surface area contributed by atoms with E-state index in [1.54, 1.807) is 0 Å². The van der Waals surface area contributed by atoms with Crippen molar-refractivity contribution in [1.82, 2.24) is 19.6 Å². The second-order valence-corrected chi connectivity index (χ2v) is 5.71. The van der Waals surface area contributed by atoms with Gasteiger partial charge in [-0.15, -0.1) is 0 Å². The molecule has 0 atom stereocenters. The summed E-state index contributed by atoms with van der Waals surface area (Å²) in [6.45, 7) is 1.19. The van der Waals surface area contributed by atoms with E-state index in [0.29, 0.717) is 6.54 Å². The van der Waals surface area contributed by atoms with Gasteiger partial charge in [0.25, 0.3) is 0 Å². The van der Waals surface area contributed by atoms with Crippen molar-refractivity contribution in [2.75, 3.05) is 32.6 Å². The van der Waals surface area contributed by atoms with E-state index >= 15 is 0 Å². The zero-order chi connectivity index (χ0) is 13.6. The Bertz CT molecular complexity index is 458. The van der Waals surface area contributed by atoms with E-state index in [-0.39, 0.29) is 10.8 Å². The van der Waals surface area contributed by atoms with Crippen molar-refractivity contribution in [3.8, 4) is 0 Å². The van der Waals surface area contributed by atoms with Crippen LogP contribution in [0.3, 0.4) is 0 Å². The summed E-state index contributed by atoms with van der Waals surface area (Å²) in [5.74, 6) is 5.26. The lowest BCUT2D eigenvalue weighted by atomic mass is 10.4. The number of aromatic nitrogens is 2. The van der Waals surface area contributed by atoms with E-state index < -0.39 is 10.0 Å². The van der Waals surface area contributed by atoms with Crippen molar-refractivity contribution in [3.63, 3.8) is 0 Å². The summed E-state index contributed by atoms with van der Waals surface area (Å²) in [5.41, 5.74) is 2.23. The smallest absolute Gasteiger partial charge is 0.243 e. The molecule has 18 heavy (non-hydrogen) atoms. The van der Waals surface area contributed by atoms with Crippen LogP contribution >= 0.6 is 0 Å². The molecule has 0 spiro atoms. The van der Waals surface area contributed by atoms with E-state index in [1.165, 1.54) is 12.4 Å². The molecule has 102 valence electrons. The van der Waals surface area contributed by atoms with Gasteiger partial charge in [-0.25, -0.2) is 29.0 Å². The van der Waals surface area contributed by atoms with Crippen LogP contribution in [0.4, 0.5) is 5.95 Å². The fraction of sp³-hybridized carbons (Fsp3) is 0.556. The molecule has 0 radical (unpaired) electrons. The van der Waals surface area contributed by atoms with E-state index in [0.717, 1.165) is 13.0 Å². The Morgan fingerprint density at radius 2 is 1.94 bits per heavy atom. The van der Waals surface area contributed by atoms with E-state index in [4.69, 9.17) is 5.84 Å². The number of sulfonamides is 1. The molecule has 4 N–H and O–H groups in total. The number of nitrogens with two attached hydrogens (primary N) is 1. The Hall–Kier alpha value is -1.29. The fourth-order valence-corrected chi connectivity index (χ4v) is 2.18. The average Bonchev–Trinajstić information content (AvgIpc) is 2.34. The molecule has 0 fully saturated rings. The van der Waals surface area contributed by atoms with Gasteiger partial charge in [0, 0.05) is 6.54 Å². The number of nitrogen functional groups attached to an aromatic ring is 1. The molecule has 9 heteroatoms. The van der Waals surface area contributed by atoms with Crippen molar-refractivity contribution in [2.24, 2.45) is 5.84 Å². The molecule has 0 saturated carbocycles. The summed E-state index contributed by atoms with van der Waals surface area (Å²) in [7, 11) is 0.318. The number of anilines is 1. The lowest BCUT2D eigenvalue weighted by Crippen LogP contribution is -2.27. The lowest BCUT2D eigenvalue weighted by molar-refractivity contribution is 0.400. The third-order valence-corrected chi connectivity index (χ3v) is 3.56. The first-order chi connectivity index (χ1) is 8.45. The van der Waals surface area contributed by atoms with Crippen LogP contribution in [0.25, 0.3) is 0 Å². The van der Waals surface area contributed by atoms with Crippen LogP contribution in [0.2, 0.25) is 0 Å². The number of nitrogens with zero attached hydrogens (tertiary/aromatic N) is 3. The van der Waals surface area contributed by atoms with E-state index in [1.807, 2.05) is 19.0 Å². The first kappa shape index (κ1) is 14.8. The molecule has 1 rings (SSSR count). The molecule has 1 aromatic heterocycles. The minimum atomic E-state index is -3.55. The molecule has 0 saturated heterocycles. The Labute approximate surface area is 107 Å². The highest BCUT2D eigenvalue weighted by molar-refractivity contribution is 7.89. The Balaban J connectivity index is 2.57. The Morgan fingerprint density at radius 1 is 1.33 bits per heavy atom. The van der Waals surface area contributed by atoms with Crippen LogP contribution in [0.5, 0.6) is 0 Å². The molecule has 8 nitrogen and oxygen atoms in total. The highest BCUT2D eigenvalue weighted by Gasteiger charge is 2.14. The fourth-order valence-electron chi connectivity index (χ4n) is 1.21. The number of hydrazine groups is 1. The highest BCUT2D eigenvalue weighted by atomic mass is 32.2. The van der Waals surface area contributed by atoms with Gasteiger partial charge in [0.05, 0.1) is 12.4 Å². The molecule has 0 amide bonds. The van der Waals surface area contributed by atoms with Crippen LogP contribution in [0.1, 0.15) is 6.42 Å². The van der Waals surface area contributed by atoms with Gasteiger partial charge in [0.2, 0.25) is 16.0 Å². The monoisotopic (exact) mass is 274 g/mol. The predicted octanol–water partition coefficient (Wildman–Crippen LogP) is -1.01. The SMILES string of the molecule is CN(C)CCCNS(=O)(=O)c1cnc(NN)nc1. The van der Waals surface area contributed by atoms with E-state index in [9.17, 15) is 8.42 Å². The number of hydrogen-bond donors (Lipinski definition) is 3. The molecule has 0 aromatic carbocycles. The molecule has 0 aliphatic heterocycles. The molecule has 0 aliphatic rings. The number of hydrogen-bond acceptors (Lipinski definition) is 7. The summed E-state index contributed by atoms with van der Waals surface area (Å²) in [6.07, 6.45) is 3.14. The third kappa shape index (κ3) is 4.53. The normalized spacial score (nSPS) is 11.8.